The molecule has 25 heavy (non-hydrogen) atoms. The van der Waals surface area contributed by atoms with Crippen LogP contribution in [0.1, 0.15) is 52.9 Å². The molecule has 1 rings (SSSR count). The van der Waals surface area contributed by atoms with Crippen LogP contribution in [0.3, 0.4) is 0 Å². The number of unbranched alkanes of at least 4 members (excludes halogenated alkanes) is 1. The minimum atomic E-state index is -0.373. The highest BCUT2D eigenvalue weighted by Crippen LogP contribution is 2.11. The van der Waals surface area contributed by atoms with Crippen LogP contribution in [-0.2, 0) is 9.59 Å². The highest BCUT2D eigenvalue weighted by molar-refractivity contribution is 5.87. The largest absolute Gasteiger partial charge is 0.370 e. The van der Waals surface area contributed by atoms with E-state index < -0.39 is 0 Å². The second-order valence-electron chi connectivity index (χ2n) is 7.26. The van der Waals surface area contributed by atoms with Gasteiger partial charge in [-0.1, -0.05) is 20.8 Å². The number of nitrogens with two attached hydrogens (primary N) is 2. The first kappa shape index (κ1) is 21.6. The number of hydrogen-bond donors (Lipinski definition) is 4. The molecule has 144 valence electrons. The lowest BCUT2D eigenvalue weighted by Gasteiger charge is -2.14. The van der Waals surface area contributed by atoms with Crippen LogP contribution < -0.4 is 22.1 Å². The van der Waals surface area contributed by atoms with Gasteiger partial charge in [-0.05, 0) is 38.6 Å². The number of Topliss-reactive ketones (excluding diaryl/α,β-unsaturated/α-hetero) is 2. The van der Waals surface area contributed by atoms with Crippen LogP contribution in [-0.4, -0.2) is 49.2 Å². The van der Waals surface area contributed by atoms with E-state index in [0.717, 1.165) is 32.2 Å². The average Bonchev–Trinajstić information content (AvgIpc) is 3.12. The van der Waals surface area contributed by atoms with Crippen molar-refractivity contribution in [1.82, 2.24) is 10.6 Å². The van der Waals surface area contributed by atoms with Gasteiger partial charge in [0.25, 0.3) is 0 Å². The second kappa shape index (κ2) is 11.2. The zero-order chi connectivity index (χ0) is 18.8. The number of ketones is 2. The fourth-order valence-corrected chi connectivity index (χ4v) is 2.93. The van der Waals surface area contributed by atoms with Gasteiger partial charge in [0, 0.05) is 18.4 Å². The second-order valence-corrected chi connectivity index (χ2v) is 7.26. The molecule has 1 heterocycles. The molecule has 7 heteroatoms. The normalized spacial score (nSPS) is 20.5. The minimum absolute atomic E-state index is 0.0139. The van der Waals surface area contributed by atoms with Crippen molar-refractivity contribution in [3.05, 3.63) is 0 Å². The van der Waals surface area contributed by atoms with Gasteiger partial charge in [0.15, 0.2) is 17.5 Å². The van der Waals surface area contributed by atoms with Crippen LogP contribution in [0, 0.1) is 11.8 Å². The van der Waals surface area contributed by atoms with Crippen molar-refractivity contribution in [2.24, 2.45) is 28.3 Å². The highest BCUT2D eigenvalue weighted by atomic mass is 16.1. The Hall–Kier alpha value is -1.47. The van der Waals surface area contributed by atoms with Crippen LogP contribution in [0.25, 0.3) is 0 Å². The molecule has 0 bridgehead atoms. The van der Waals surface area contributed by atoms with Crippen LogP contribution in [0.2, 0.25) is 0 Å². The molecule has 0 aliphatic carbocycles. The number of carbonyl (C=O) groups is 2. The molecule has 3 atom stereocenters. The van der Waals surface area contributed by atoms with Gasteiger partial charge in [0.05, 0.1) is 18.6 Å². The number of carbonyl (C=O) groups excluding carboxylic acids is 2. The van der Waals surface area contributed by atoms with Crippen molar-refractivity contribution in [2.75, 3.05) is 19.6 Å². The number of guanidine groups is 1. The summed E-state index contributed by atoms with van der Waals surface area (Å²) in [6.07, 6.45) is 4.40. The molecule has 1 unspecified atom stereocenters. The maximum Gasteiger partial charge on any atom is 0.188 e. The standard InChI is InChI=1S/C18H35N5O2/c1-12(2)16(24)14(19)7-4-5-9-22-18(20)23-11-13(3)17(25)15-8-6-10-21-15/h12-15,21H,4-11,19H2,1-3H3,(H3,20,22,23)/t13?,14-,15-/m1/s1. The highest BCUT2D eigenvalue weighted by Gasteiger charge is 2.26. The molecular formula is C18H35N5O2. The van der Waals surface area contributed by atoms with Crippen molar-refractivity contribution in [3.8, 4) is 0 Å². The van der Waals surface area contributed by atoms with E-state index >= 15 is 0 Å². The quantitative estimate of drug-likeness (QED) is 0.245. The molecule has 0 aromatic carbocycles. The van der Waals surface area contributed by atoms with Gasteiger partial charge in [0.1, 0.15) is 0 Å². The predicted molar refractivity (Wildman–Crippen MR) is 101 cm³/mol. The Morgan fingerprint density at radius 2 is 2.00 bits per heavy atom. The van der Waals surface area contributed by atoms with Crippen LogP contribution in [0.15, 0.2) is 4.99 Å². The molecule has 0 radical (unpaired) electrons. The molecule has 1 fully saturated rings. The van der Waals surface area contributed by atoms with Crippen molar-refractivity contribution in [2.45, 2.75) is 65.0 Å². The monoisotopic (exact) mass is 353 g/mol. The third-order valence-electron chi connectivity index (χ3n) is 4.61. The Bertz CT molecular complexity index is 458. The van der Waals surface area contributed by atoms with Crippen LogP contribution >= 0.6 is 0 Å². The molecule has 6 N–H and O–H groups in total. The Balaban J connectivity index is 2.16. The molecule has 1 aliphatic rings. The van der Waals surface area contributed by atoms with Gasteiger partial charge in [-0.25, -0.2) is 0 Å². The van der Waals surface area contributed by atoms with E-state index in [1.54, 1.807) is 0 Å². The Kier molecular flexibility index (Phi) is 9.67. The molecule has 1 aliphatic heterocycles. The summed E-state index contributed by atoms with van der Waals surface area (Å²) in [5, 5.41) is 6.27. The molecule has 0 spiro atoms. The van der Waals surface area contributed by atoms with E-state index in [0.29, 0.717) is 25.5 Å². The first-order valence-electron chi connectivity index (χ1n) is 9.43. The number of rotatable bonds is 11. The molecule has 0 aromatic rings. The molecule has 7 nitrogen and oxygen atoms in total. The van der Waals surface area contributed by atoms with Gasteiger partial charge < -0.3 is 22.1 Å². The lowest BCUT2D eigenvalue weighted by Crippen LogP contribution is -2.37. The van der Waals surface area contributed by atoms with Gasteiger partial charge in [-0.15, -0.1) is 0 Å². The average molecular weight is 354 g/mol. The van der Waals surface area contributed by atoms with E-state index in [1.165, 1.54) is 0 Å². The minimum Gasteiger partial charge on any atom is -0.370 e. The van der Waals surface area contributed by atoms with E-state index in [4.69, 9.17) is 11.5 Å². The molecular weight excluding hydrogens is 318 g/mol. The topological polar surface area (TPSA) is 123 Å². The van der Waals surface area contributed by atoms with E-state index in [1.807, 2.05) is 20.8 Å². The van der Waals surface area contributed by atoms with Crippen molar-refractivity contribution in [1.29, 1.82) is 0 Å². The Morgan fingerprint density at radius 3 is 2.60 bits per heavy atom. The number of nitrogens with one attached hydrogen (secondary N) is 2. The summed E-state index contributed by atoms with van der Waals surface area (Å²) < 4.78 is 0. The summed E-state index contributed by atoms with van der Waals surface area (Å²) in [6, 6.07) is -0.390. The van der Waals surface area contributed by atoms with Crippen LogP contribution in [0.5, 0.6) is 0 Å². The van der Waals surface area contributed by atoms with E-state index in [9.17, 15) is 9.59 Å². The third kappa shape index (κ3) is 7.96. The van der Waals surface area contributed by atoms with Crippen molar-refractivity contribution >= 4 is 17.5 Å². The number of nitrogens with zero attached hydrogens (tertiary/aromatic N) is 1. The van der Waals surface area contributed by atoms with Crippen molar-refractivity contribution in [3.63, 3.8) is 0 Å². The van der Waals surface area contributed by atoms with Gasteiger partial charge in [-0.2, -0.15) is 0 Å². The smallest absolute Gasteiger partial charge is 0.188 e. The van der Waals surface area contributed by atoms with E-state index in [2.05, 4.69) is 15.6 Å². The van der Waals surface area contributed by atoms with Crippen molar-refractivity contribution < 1.29 is 9.59 Å². The maximum atomic E-state index is 12.2. The van der Waals surface area contributed by atoms with Gasteiger partial charge in [-0.3, -0.25) is 14.6 Å². The zero-order valence-corrected chi connectivity index (χ0v) is 15.9. The summed E-state index contributed by atoms with van der Waals surface area (Å²) in [4.78, 5) is 28.2. The van der Waals surface area contributed by atoms with Crippen LogP contribution in [0.4, 0.5) is 0 Å². The first-order valence-corrected chi connectivity index (χ1v) is 9.43. The van der Waals surface area contributed by atoms with E-state index in [-0.39, 0.29) is 35.5 Å². The van der Waals surface area contributed by atoms with Gasteiger partial charge in [0.2, 0.25) is 0 Å². The lowest BCUT2D eigenvalue weighted by molar-refractivity contribution is -0.124. The maximum absolute atomic E-state index is 12.2. The van der Waals surface area contributed by atoms with Gasteiger partial charge >= 0.3 is 0 Å². The zero-order valence-electron chi connectivity index (χ0n) is 15.9. The molecule has 0 saturated carbocycles. The fourth-order valence-electron chi connectivity index (χ4n) is 2.93. The lowest BCUT2D eigenvalue weighted by atomic mass is 9.98. The fraction of sp³-hybridized carbons (Fsp3) is 0.833. The predicted octanol–water partition coefficient (Wildman–Crippen LogP) is 0.571. The summed E-state index contributed by atoms with van der Waals surface area (Å²) in [6.45, 7) is 7.65. The third-order valence-corrected chi connectivity index (χ3v) is 4.61. The summed E-state index contributed by atoms with van der Waals surface area (Å²) in [7, 11) is 0. The number of aliphatic imine (C=N–C) groups is 1. The molecule has 1 saturated heterocycles. The Morgan fingerprint density at radius 1 is 1.28 bits per heavy atom. The summed E-state index contributed by atoms with van der Waals surface area (Å²) in [5.41, 5.74) is 11.7. The summed E-state index contributed by atoms with van der Waals surface area (Å²) in [5.74, 6) is 0.555. The number of hydrogen-bond acceptors (Lipinski definition) is 5. The molecule has 0 aromatic heterocycles. The summed E-state index contributed by atoms with van der Waals surface area (Å²) >= 11 is 0. The molecule has 0 amide bonds. The first-order chi connectivity index (χ1) is 11.8. The SMILES string of the molecule is CC(C)C(=O)[C@H](N)CCCCNC(N)=NCC(C)C(=O)[C@H]1CCCN1. The Labute approximate surface area is 151 Å².